The Bertz CT molecular complexity index is 998. The number of rotatable bonds is 5. The molecule has 1 aromatic carbocycles. The van der Waals surface area contributed by atoms with Gasteiger partial charge < -0.3 is 19.5 Å². The van der Waals surface area contributed by atoms with E-state index in [0.717, 1.165) is 31.4 Å². The van der Waals surface area contributed by atoms with E-state index in [0.29, 0.717) is 12.1 Å². The number of benzene rings is 1. The molecular weight excluding hydrogens is 408 g/mol. The van der Waals surface area contributed by atoms with Crippen LogP contribution in [-0.2, 0) is 14.3 Å². The minimum absolute atomic E-state index is 0.0423. The van der Waals surface area contributed by atoms with Crippen LogP contribution in [0.4, 0.5) is 0 Å². The van der Waals surface area contributed by atoms with Gasteiger partial charge in [-0.2, -0.15) is 0 Å². The van der Waals surface area contributed by atoms with E-state index in [1.54, 1.807) is 29.6 Å². The van der Waals surface area contributed by atoms with Crippen LogP contribution in [0.2, 0.25) is 0 Å². The molecule has 2 aliphatic heterocycles. The number of imidazole rings is 1. The highest BCUT2D eigenvalue weighted by molar-refractivity contribution is 5.99. The number of hydrogen-bond acceptors (Lipinski definition) is 5. The predicted molar refractivity (Wildman–Crippen MR) is 116 cm³/mol. The van der Waals surface area contributed by atoms with Gasteiger partial charge in [-0.1, -0.05) is 19.8 Å². The Labute approximate surface area is 186 Å². The highest BCUT2D eigenvalue weighted by atomic mass is 16.5. The van der Waals surface area contributed by atoms with E-state index in [1.807, 2.05) is 29.8 Å². The summed E-state index contributed by atoms with van der Waals surface area (Å²) in [5, 5.41) is 3.01. The van der Waals surface area contributed by atoms with Crippen LogP contribution < -0.4 is 5.32 Å². The number of fused-ring (bicyclic) bond motifs is 1. The summed E-state index contributed by atoms with van der Waals surface area (Å²) in [6, 6.07) is 6.06. The second kappa shape index (κ2) is 8.50. The molecule has 4 atom stereocenters. The molecule has 1 aromatic heterocycles. The van der Waals surface area contributed by atoms with Crippen LogP contribution in [0.15, 0.2) is 43.0 Å². The van der Waals surface area contributed by atoms with Crippen molar-refractivity contribution in [3.05, 3.63) is 48.5 Å². The lowest BCUT2D eigenvalue weighted by Crippen LogP contribution is -2.54. The maximum absolute atomic E-state index is 13.6. The molecule has 2 amide bonds. The monoisotopic (exact) mass is 436 g/mol. The average Bonchev–Trinajstić information content (AvgIpc) is 3.59. The third-order valence-corrected chi connectivity index (χ3v) is 7.08. The number of hydrogen-bond donors (Lipinski definition) is 1. The molecule has 0 bridgehead atoms. The first-order chi connectivity index (χ1) is 15.5. The second-order valence-corrected chi connectivity index (χ2v) is 9.17. The van der Waals surface area contributed by atoms with Crippen molar-refractivity contribution in [1.29, 1.82) is 0 Å². The van der Waals surface area contributed by atoms with Gasteiger partial charge in [-0.3, -0.25) is 14.4 Å². The molecule has 1 saturated carbocycles. The quantitative estimate of drug-likeness (QED) is 0.774. The van der Waals surface area contributed by atoms with Crippen LogP contribution in [0.25, 0.3) is 5.69 Å². The number of ether oxygens (including phenoxy) is 1. The largest absolute Gasteiger partial charge is 0.367 e. The number of nitrogens with one attached hydrogen (secondary N) is 1. The summed E-state index contributed by atoms with van der Waals surface area (Å²) in [4.78, 5) is 44.9. The maximum atomic E-state index is 13.6. The van der Waals surface area contributed by atoms with Crippen LogP contribution in [0, 0.1) is 11.8 Å². The summed E-state index contributed by atoms with van der Waals surface area (Å²) in [6.45, 7) is 2.56. The molecule has 8 nitrogen and oxygen atoms in total. The zero-order chi connectivity index (χ0) is 22.2. The molecule has 2 aromatic rings. The molecule has 3 heterocycles. The van der Waals surface area contributed by atoms with Crippen molar-refractivity contribution in [3.63, 3.8) is 0 Å². The summed E-state index contributed by atoms with van der Waals surface area (Å²) in [5.74, 6) is -0.280. The Morgan fingerprint density at radius 1 is 1.19 bits per heavy atom. The first-order valence-corrected chi connectivity index (χ1v) is 11.4. The topological polar surface area (TPSA) is 93.5 Å². The minimum atomic E-state index is -0.627. The van der Waals surface area contributed by atoms with Gasteiger partial charge in [0.2, 0.25) is 5.91 Å². The third-order valence-electron chi connectivity index (χ3n) is 7.08. The normalized spacial score (nSPS) is 26.3. The van der Waals surface area contributed by atoms with Gasteiger partial charge in [-0.15, -0.1) is 0 Å². The van der Waals surface area contributed by atoms with E-state index in [-0.39, 0.29) is 42.1 Å². The fourth-order valence-electron chi connectivity index (χ4n) is 5.39. The summed E-state index contributed by atoms with van der Waals surface area (Å²) in [6.07, 6.45) is 8.90. The number of Topliss-reactive ketones (excluding diaryl/α,β-unsaturated/α-hetero) is 1. The summed E-state index contributed by atoms with van der Waals surface area (Å²) in [5.41, 5.74) is 1.40. The van der Waals surface area contributed by atoms with Gasteiger partial charge in [0.05, 0.1) is 12.4 Å². The van der Waals surface area contributed by atoms with Crippen molar-refractivity contribution in [2.24, 2.45) is 11.8 Å². The zero-order valence-corrected chi connectivity index (χ0v) is 18.1. The molecule has 0 unspecified atom stereocenters. The molecule has 1 N–H and O–H groups in total. The first kappa shape index (κ1) is 20.9. The maximum Gasteiger partial charge on any atom is 0.251 e. The number of carbonyl (C=O) groups excluding carboxylic acids is 3. The van der Waals surface area contributed by atoms with Crippen molar-refractivity contribution in [3.8, 4) is 5.69 Å². The Morgan fingerprint density at radius 2 is 1.94 bits per heavy atom. The van der Waals surface area contributed by atoms with Gasteiger partial charge in [0.25, 0.3) is 5.91 Å². The van der Waals surface area contributed by atoms with Crippen LogP contribution in [-0.4, -0.2) is 63.4 Å². The van der Waals surface area contributed by atoms with Gasteiger partial charge in [0.1, 0.15) is 18.7 Å². The Balaban J connectivity index is 1.35. The summed E-state index contributed by atoms with van der Waals surface area (Å²) >= 11 is 0. The van der Waals surface area contributed by atoms with Crippen LogP contribution in [0.1, 0.15) is 43.0 Å². The Hall–Kier alpha value is -3.00. The summed E-state index contributed by atoms with van der Waals surface area (Å²) < 4.78 is 7.50. The van der Waals surface area contributed by atoms with E-state index in [1.165, 1.54) is 0 Å². The van der Waals surface area contributed by atoms with Crippen LogP contribution >= 0.6 is 0 Å². The molecule has 5 rings (SSSR count). The predicted octanol–water partition coefficient (Wildman–Crippen LogP) is 1.98. The molecule has 0 radical (unpaired) electrons. The second-order valence-electron chi connectivity index (χ2n) is 9.17. The van der Waals surface area contributed by atoms with Crippen molar-refractivity contribution in [2.45, 2.75) is 50.8 Å². The van der Waals surface area contributed by atoms with Crippen molar-refractivity contribution >= 4 is 17.6 Å². The highest BCUT2D eigenvalue weighted by Crippen LogP contribution is 2.34. The van der Waals surface area contributed by atoms with Gasteiger partial charge in [-0.05, 0) is 43.0 Å². The molecule has 3 aliphatic rings. The fraction of sp³-hybridized carbons (Fsp3) is 0.500. The SMILES string of the molecule is C[C@@H]1CN(C(=O)[C@@H](NC(=O)c2ccc(-n3ccnc3)cc2)C2CCCC2)[C@@H]2C(=O)CO[C@H]12. The molecule has 0 spiro atoms. The lowest BCUT2D eigenvalue weighted by Gasteiger charge is -2.30. The van der Waals surface area contributed by atoms with Crippen molar-refractivity contribution in [1.82, 2.24) is 19.8 Å². The number of nitrogens with zero attached hydrogens (tertiary/aromatic N) is 3. The zero-order valence-electron chi connectivity index (χ0n) is 18.1. The molecule has 1 aliphatic carbocycles. The summed E-state index contributed by atoms with van der Waals surface area (Å²) in [7, 11) is 0. The molecule has 168 valence electrons. The highest BCUT2D eigenvalue weighted by Gasteiger charge is 2.52. The third kappa shape index (κ3) is 3.72. The number of carbonyl (C=O) groups is 3. The van der Waals surface area contributed by atoms with Crippen LogP contribution in [0.5, 0.6) is 0 Å². The van der Waals surface area contributed by atoms with Gasteiger partial charge in [0, 0.05) is 36.1 Å². The lowest BCUT2D eigenvalue weighted by atomic mass is 9.95. The smallest absolute Gasteiger partial charge is 0.251 e. The number of ketones is 1. The van der Waals surface area contributed by atoms with Crippen molar-refractivity contribution in [2.75, 3.05) is 13.2 Å². The lowest BCUT2D eigenvalue weighted by molar-refractivity contribution is -0.139. The first-order valence-electron chi connectivity index (χ1n) is 11.4. The molecule has 32 heavy (non-hydrogen) atoms. The Morgan fingerprint density at radius 3 is 2.62 bits per heavy atom. The van der Waals surface area contributed by atoms with Crippen LogP contribution in [0.3, 0.4) is 0 Å². The average molecular weight is 437 g/mol. The van der Waals surface area contributed by atoms with E-state index >= 15 is 0 Å². The minimum Gasteiger partial charge on any atom is -0.367 e. The standard InChI is InChI=1S/C24H28N4O4/c1-15-12-28(21-19(29)13-32-22(15)21)24(31)20(16-4-2-3-5-16)26-23(30)17-6-8-18(9-7-17)27-11-10-25-14-27/h6-11,14-16,20-22H,2-5,12-13H2,1H3,(H,26,30)/t15-,20+,21-,22-/m1/s1. The van der Waals surface area contributed by atoms with E-state index in [2.05, 4.69) is 10.3 Å². The Kier molecular flexibility index (Phi) is 5.55. The van der Waals surface area contributed by atoms with E-state index < -0.39 is 12.1 Å². The van der Waals surface area contributed by atoms with E-state index in [9.17, 15) is 14.4 Å². The van der Waals surface area contributed by atoms with Crippen molar-refractivity contribution < 1.29 is 19.1 Å². The molecule has 8 heteroatoms. The number of aromatic nitrogens is 2. The molecular formula is C24H28N4O4. The number of amides is 2. The van der Waals surface area contributed by atoms with Gasteiger partial charge in [0.15, 0.2) is 5.78 Å². The van der Waals surface area contributed by atoms with E-state index in [4.69, 9.17) is 4.74 Å². The molecule has 3 fully saturated rings. The fourth-order valence-corrected chi connectivity index (χ4v) is 5.39. The van der Waals surface area contributed by atoms with Gasteiger partial charge in [-0.25, -0.2) is 4.98 Å². The van der Waals surface area contributed by atoms with Gasteiger partial charge >= 0.3 is 0 Å². The number of likely N-dealkylation sites (tertiary alicyclic amines) is 1. The molecule has 2 saturated heterocycles.